The molecule has 112 heavy (non-hydrogen) atoms. The Bertz CT molecular complexity index is 5680. The molecule has 4 unspecified atom stereocenters. The van der Waals surface area contributed by atoms with Crippen molar-refractivity contribution in [2.45, 2.75) is 90.1 Å². The molecule has 4 amide bonds. The van der Waals surface area contributed by atoms with Gasteiger partial charge in [0.05, 0.1) is 74.8 Å². The van der Waals surface area contributed by atoms with Gasteiger partial charge >= 0.3 is 12.5 Å². The van der Waals surface area contributed by atoms with Crippen LogP contribution in [-0.2, 0) is 31.9 Å². The van der Waals surface area contributed by atoms with Gasteiger partial charge in [0.2, 0.25) is 23.8 Å². The van der Waals surface area contributed by atoms with Crippen molar-refractivity contribution in [1.29, 1.82) is 0 Å². The molecule has 0 spiro atoms. The Morgan fingerprint density at radius 2 is 0.679 bits per heavy atom. The van der Waals surface area contributed by atoms with Crippen LogP contribution in [0.15, 0.2) is 157 Å². The lowest BCUT2D eigenvalue weighted by Crippen LogP contribution is -2.25. The molecule has 4 aromatic carbocycles. The van der Waals surface area contributed by atoms with E-state index in [-0.39, 0.29) is 117 Å². The van der Waals surface area contributed by atoms with Gasteiger partial charge in [-0.15, -0.1) is 13.2 Å². The third kappa shape index (κ3) is 15.4. The molecule has 0 bridgehead atoms. The number of nitrogens with two attached hydrogens (primary N) is 4. The van der Waals surface area contributed by atoms with Gasteiger partial charge in [0.1, 0.15) is 69.0 Å². The minimum atomic E-state index is -4.83. The largest absolute Gasteiger partial charge is 0.573 e. The standard InChI is InChI=1S/C20H17F3N4O3.C20H17F3N4O2.C19H16F2N4O2.C19H17FN4O2/c1-10-7-8-14(29-10)17-15-16(25-19(24)26-17)12(27(2)18(15)28)9-11-5-3-4-6-13(11)30-20(21,22)23;1-10-7-8-14(29-10)17-15-16(25-19(24)26-17)13(27(2)18(15)28)9-11-5-3-4-6-12(11)20(21,22)23;1-9-3-6-14(27-9)17-15-16(23-19(22)24-17)13(25(2)18(15)26)7-10-4-5-11(20)8-12(10)21;1-10-7-8-14(26-10)17-15-16(22-19(21)23-17)13(24(2)18(15)25)9-11-5-3-4-6-12(11)20/h3-8,12H,9H2,1-2H3,(H2,24,25,26);3-8,13H,9H2,1-2H3,(H2,24,25,26);3-6,8,13H,7H2,1-2H3,(H2,22,23,24);3-8,13H,9H2,1-2H3,(H2,21,22,23). The van der Waals surface area contributed by atoms with Crippen LogP contribution in [0.3, 0.4) is 0 Å². The smallest absolute Gasteiger partial charge is 0.460 e. The first kappa shape index (κ1) is 76.8. The third-order valence-corrected chi connectivity index (χ3v) is 19.1. The van der Waals surface area contributed by atoms with E-state index in [1.54, 1.807) is 120 Å². The van der Waals surface area contributed by atoms with Crippen LogP contribution in [0.4, 0.5) is 63.3 Å². The number of anilines is 4. The number of amides is 4. The number of aromatic nitrogens is 8. The van der Waals surface area contributed by atoms with E-state index in [2.05, 4.69) is 44.6 Å². The number of fused-ring (bicyclic) bond motifs is 4. The van der Waals surface area contributed by atoms with Crippen molar-refractivity contribution >= 4 is 47.4 Å². The zero-order valence-corrected chi connectivity index (χ0v) is 60.7. The number of likely N-dealkylation sites (N-methyl/N-ethyl adjacent to an activating group) is 4. The van der Waals surface area contributed by atoms with Crippen molar-refractivity contribution in [2.75, 3.05) is 51.1 Å². The Balaban J connectivity index is 0.000000131. The first-order valence-corrected chi connectivity index (χ1v) is 34.3. The SMILES string of the molecule is Cc1ccc(-c2nc(N)nc3c2C(=O)N(C)C3Cc2ccc(F)cc2F)o1.Cc1ccc(-c2nc(N)nc3c2C(=O)N(C)C3Cc2ccccc2C(F)(F)F)o1.Cc1ccc(-c2nc(N)nc3c2C(=O)N(C)C3Cc2ccccc2F)o1.Cc1ccc(-c2nc(N)nc3c2C(=O)N(C)C3Cc2ccccc2OC(F)(F)F)o1. The van der Waals surface area contributed by atoms with E-state index >= 15 is 0 Å². The Kier molecular flexibility index (Phi) is 20.7. The Hall–Kier alpha value is -13.4. The van der Waals surface area contributed by atoms with Crippen molar-refractivity contribution in [3.8, 4) is 51.6 Å². The van der Waals surface area contributed by atoms with Crippen LogP contribution in [0.25, 0.3) is 45.8 Å². The molecule has 25 nitrogen and oxygen atoms in total. The van der Waals surface area contributed by atoms with Gasteiger partial charge in [0, 0.05) is 53.5 Å². The number of benzene rings is 4. The fourth-order valence-corrected chi connectivity index (χ4v) is 13.7. The number of hydrogen-bond acceptors (Lipinski definition) is 21. The summed E-state index contributed by atoms with van der Waals surface area (Å²) in [6.07, 6.45) is -8.90. The molecule has 34 heteroatoms. The van der Waals surface area contributed by atoms with Crippen LogP contribution in [-0.4, -0.2) is 118 Å². The first-order valence-electron chi connectivity index (χ1n) is 34.3. The zero-order valence-electron chi connectivity index (χ0n) is 60.7. The lowest BCUT2D eigenvalue weighted by Gasteiger charge is -2.22. The highest BCUT2D eigenvalue weighted by molar-refractivity contribution is 6.06. The van der Waals surface area contributed by atoms with Crippen LogP contribution in [0, 0.1) is 45.1 Å². The Morgan fingerprint density at radius 3 is 1.00 bits per heavy atom. The molecule has 12 heterocycles. The quantitative estimate of drug-likeness (QED) is 0.0779. The number of rotatable bonds is 13. The number of furan rings is 4. The highest BCUT2D eigenvalue weighted by Gasteiger charge is 2.46. The number of carbonyl (C=O) groups excluding carboxylic acids is 4. The number of hydrogen-bond donors (Lipinski definition) is 4. The van der Waals surface area contributed by atoms with Gasteiger partial charge < -0.3 is 64.9 Å². The Morgan fingerprint density at radius 1 is 0.375 bits per heavy atom. The van der Waals surface area contributed by atoms with Gasteiger partial charge in [-0.1, -0.05) is 60.7 Å². The number of halogens is 9. The molecule has 0 radical (unpaired) electrons. The molecule has 8 N–H and O–H groups in total. The lowest BCUT2D eigenvalue weighted by atomic mass is 9.97. The molecule has 0 saturated carbocycles. The van der Waals surface area contributed by atoms with Crippen molar-refractivity contribution in [1.82, 2.24) is 59.5 Å². The fourth-order valence-electron chi connectivity index (χ4n) is 13.7. The number of para-hydroxylation sites is 1. The van der Waals surface area contributed by atoms with Crippen LogP contribution in [0.5, 0.6) is 5.75 Å². The van der Waals surface area contributed by atoms with Gasteiger partial charge in [-0.05, 0) is 129 Å². The summed E-state index contributed by atoms with van der Waals surface area (Å²) in [5, 5.41) is 0. The molecule has 0 saturated heterocycles. The summed E-state index contributed by atoms with van der Waals surface area (Å²) in [4.78, 5) is 91.1. The molecule has 4 aliphatic rings. The Labute approximate surface area is 631 Å². The van der Waals surface area contributed by atoms with Gasteiger partial charge in [0.25, 0.3) is 23.6 Å². The number of alkyl halides is 6. The van der Waals surface area contributed by atoms with Crippen LogP contribution in [0.2, 0.25) is 0 Å². The topological polar surface area (TPSA) is 350 Å². The van der Waals surface area contributed by atoms with E-state index in [0.29, 0.717) is 97.8 Å². The van der Waals surface area contributed by atoms with E-state index in [0.717, 1.165) is 12.1 Å². The van der Waals surface area contributed by atoms with Crippen molar-refractivity contribution in [3.63, 3.8) is 0 Å². The van der Waals surface area contributed by atoms with Gasteiger partial charge in [-0.3, -0.25) is 19.2 Å². The van der Waals surface area contributed by atoms with Crippen LogP contribution < -0.4 is 27.7 Å². The zero-order chi connectivity index (χ0) is 80.3. The van der Waals surface area contributed by atoms with Crippen LogP contribution in [0.1, 0.15) is 139 Å². The molecule has 4 atom stereocenters. The number of carbonyl (C=O) groups is 4. The van der Waals surface area contributed by atoms with E-state index in [4.69, 9.17) is 40.6 Å². The second kappa shape index (κ2) is 30.2. The predicted octanol–water partition coefficient (Wildman–Crippen LogP) is 14.3. The highest BCUT2D eigenvalue weighted by atomic mass is 19.4. The molecular weight excluding hydrogens is 1480 g/mol. The molecule has 8 aromatic heterocycles. The average molecular weight is 1540 g/mol. The summed E-state index contributed by atoms with van der Waals surface area (Å²) in [5.74, 6) is 0.838. The summed E-state index contributed by atoms with van der Waals surface area (Å²) < 4.78 is 146. The maximum Gasteiger partial charge on any atom is 0.573 e. The second-order valence-electron chi connectivity index (χ2n) is 26.6. The van der Waals surface area contributed by atoms with Crippen molar-refractivity contribution in [2.24, 2.45) is 0 Å². The molecular formula is C78H67F9N16O9. The van der Waals surface area contributed by atoms with E-state index in [1.165, 1.54) is 76.3 Å². The summed E-state index contributed by atoms with van der Waals surface area (Å²) >= 11 is 0. The summed E-state index contributed by atoms with van der Waals surface area (Å²) in [6, 6.07) is 32.4. The minimum Gasteiger partial charge on any atom is -0.460 e. The maximum atomic E-state index is 14.1. The molecule has 0 fully saturated rings. The van der Waals surface area contributed by atoms with Gasteiger partial charge in [-0.2, -0.15) is 13.2 Å². The second-order valence-corrected chi connectivity index (χ2v) is 26.6. The number of ether oxygens (including phenoxy) is 1. The van der Waals surface area contributed by atoms with Gasteiger partial charge in [0.15, 0.2) is 23.0 Å². The number of nitrogen functional groups attached to an aromatic ring is 4. The normalized spacial score (nSPS) is 16.2. The summed E-state index contributed by atoms with van der Waals surface area (Å²) in [7, 11) is 6.35. The van der Waals surface area contributed by atoms with E-state index < -0.39 is 59.8 Å². The summed E-state index contributed by atoms with van der Waals surface area (Å²) in [6.45, 7) is 7.09. The average Bonchev–Trinajstić information content (AvgIpc) is 1.61. The van der Waals surface area contributed by atoms with E-state index in [1.807, 2.05) is 6.92 Å². The molecule has 0 aliphatic carbocycles. The predicted molar refractivity (Wildman–Crippen MR) is 387 cm³/mol. The fraction of sp³-hybridized carbons (Fsp3) is 0.231. The minimum absolute atomic E-state index is 0.00881. The summed E-state index contributed by atoms with van der Waals surface area (Å²) in [5.41, 5.74) is 27.6. The highest BCUT2D eigenvalue weighted by Crippen LogP contribution is 2.46. The molecule has 4 aliphatic heterocycles. The third-order valence-electron chi connectivity index (χ3n) is 19.1. The monoisotopic (exact) mass is 1540 g/mol. The van der Waals surface area contributed by atoms with Crippen molar-refractivity contribution < 1.29 is 81.1 Å². The number of aryl methyl sites for hydroxylation is 4. The molecule has 16 rings (SSSR count). The molecule has 12 aromatic rings. The van der Waals surface area contributed by atoms with Crippen LogP contribution >= 0.6 is 0 Å². The molecule has 576 valence electrons. The van der Waals surface area contributed by atoms with Crippen molar-refractivity contribution in [3.05, 3.63) is 253 Å². The number of nitrogens with zero attached hydrogens (tertiary/aromatic N) is 12. The van der Waals surface area contributed by atoms with E-state index in [9.17, 15) is 58.7 Å². The van der Waals surface area contributed by atoms with Gasteiger partial charge in [-0.25, -0.2) is 53.0 Å². The lowest BCUT2D eigenvalue weighted by molar-refractivity contribution is -0.275. The maximum absolute atomic E-state index is 14.1. The first-order chi connectivity index (χ1) is 53.1.